The molecule has 2 aromatic rings. The summed E-state index contributed by atoms with van der Waals surface area (Å²) in [5.41, 5.74) is 0.666. The zero-order valence-electron chi connectivity index (χ0n) is 16.1. The number of carbonyl (C=O) groups is 2. The molecule has 1 aromatic carbocycles. The summed E-state index contributed by atoms with van der Waals surface area (Å²) in [4.78, 5) is 26.5. The highest BCUT2D eigenvalue weighted by molar-refractivity contribution is 7.13. The number of urea groups is 1. The van der Waals surface area contributed by atoms with E-state index in [0.29, 0.717) is 23.8 Å². The summed E-state index contributed by atoms with van der Waals surface area (Å²) < 4.78 is 5.11. The highest BCUT2D eigenvalue weighted by atomic mass is 32.1. The summed E-state index contributed by atoms with van der Waals surface area (Å²) in [6.07, 6.45) is 2.76. The van der Waals surface area contributed by atoms with Gasteiger partial charge in [-0.15, -0.1) is 10.2 Å². The van der Waals surface area contributed by atoms with E-state index in [1.807, 2.05) is 11.8 Å². The summed E-state index contributed by atoms with van der Waals surface area (Å²) in [6, 6.07) is 7.07. The number of amides is 3. The maximum atomic E-state index is 12.4. The van der Waals surface area contributed by atoms with Crippen LogP contribution in [0.4, 0.5) is 10.5 Å². The van der Waals surface area contributed by atoms with Crippen LogP contribution >= 0.6 is 11.3 Å². The lowest BCUT2D eigenvalue weighted by Gasteiger charge is -2.31. The number of nitrogens with zero attached hydrogens (tertiary/aromatic N) is 3. The number of aromatic nitrogens is 2. The fourth-order valence-corrected chi connectivity index (χ4v) is 3.92. The number of anilines is 1. The van der Waals surface area contributed by atoms with E-state index >= 15 is 0 Å². The molecule has 1 atom stereocenters. The third kappa shape index (κ3) is 4.98. The molecule has 8 nitrogen and oxygen atoms in total. The number of ether oxygens (including phenoxy) is 1. The number of rotatable bonds is 6. The zero-order chi connectivity index (χ0) is 19.9. The molecule has 0 saturated carbocycles. The highest BCUT2D eigenvalue weighted by Crippen LogP contribution is 2.29. The molecular formula is C19H25N5O3S. The minimum atomic E-state index is -0.290. The fraction of sp³-hybridized carbons (Fsp3) is 0.474. The lowest BCUT2D eigenvalue weighted by Crippen LogP contribution is -2.45. The molecule has 1 aliphatic heterocycles. The van der Waals surface area contributed by atoms with Gasteiger partial charge in [0.05, 0.1) is 7.11 Å². The van der Waals surface area contributed by atoms with E-state index < -0.39 is 0 Å². The second kappa shape index (κ2) is 9.50. The molecule has 0 bridgehead atoms. The van der Waals surface area contributed by atoms with Gasteiger partial charge in [-0.05, 0) is 43.5 Å². The average Bonchev–Trinajstić information content (AvgIpc) is 3.23. The van der Waals surface area contributed by atoms with Crippen LogP contribution in [0.15, 0.2) is 24.3 Å². The van der Waals surface area contributed by atoms with Crippen molar-refractivity contribution in [2.75, 3.05) is 32.1 Å². The molecule has 2 heterocycles. The second-order valence-electron chi connectivity index (χ2n) is 6.65. The van der Waals surface area contributed by atoms with Crippen LogP contribution < -0.4 is 15.4 Å². The fourth-order valence-electron chi connectivity index (χ4n) is 3.06. The van der Waals surface area contributed by atoms with Gasteiger partial charge >= 0.3 is 6.03 Å². The SMILES string of the molecule is CCCNC(=O)N1CCC[C@@H](c2nnc(C(=O)Nc3ccc(OC)cc3)s2)C1. The van der Waals surface area contributed by atoms with E-state index in [4.69, 9.17) is 4.74 Å². The van der Waals surface area contributed by atoms with Gasteiger partial charge in [-0.25, -0.2) is 4.79 Å². The van der Waals surface area contributed by atoms with Crippen LogP contribution in [0.3, 0.4) is 0 Å². The smallest absolute Gasteiger partial charge is 0.317 e. The van der Waals surface area contributed by atoms with Crippen LogP contribution in [0.2, 0.25) is 0 Å². The zero-order valence-corrected chi connectivity index (χ0v) is 16.9. The minimum Gasteiger partial charge on any atom is -0.497 e. The van der Waals surface area contributed by atoms with Crippen molar-refractivity contribution in [3.8, 4) is 5.75 Å². The Kier molecular flexibility index (Phi) is 6.80. The van der Waals surface area contributed by atoms with E-state index in [9.17, 15) is 9.59 Å². The van der Waals surface area contributed by atoms with Gasteiger partial charge < -0.3 is 20.3 Å². The van der Waals surface area contributed by atoms with Gasteiger partial charge in [-0.3, -0.25) is 4.79 Å². The first-order valence-corrected chi connectivity index (χ1v) is 10.2. The number of benzene rings is 1. The van der Waals surface area contributed by atoms with Crippen molar-refractivity contribution < 1.29 is 14.3 Å². The molecule has 1 saturated heterocycles. The Bertz CT molecular complexity index is 808. The van der Waals surface area contributed by atoms with E-state index in [1.165, 1.54) is 11.3 Å². The number of methoxy groups -OCH3 is 1. The van der Waals surface area contributed by atoms with Gasteiger partial charge in [0.2, 0.25) is 5.01 Å². The average molecular weight is 404 g/mol. The van der Waals surface area contributed by atoms with Crippen LogP contribution in [0.25, 0.3) is 0 Å². The van der Waals surface area contributed by atoms with Crippen molar-refractivity contribution in [1.82, 2.24) is 20.4 Å². The predicted molar refractivity (Wildman–Crippen MR) is 108 cm³/mol. The summed E-state index contributed by atoms with van der Waals surface area (Å²) >= 11 is 1.29. The molecule has 3 amide bonds. The Morgan fingerprint density at radius 1 is 1.29 bits per heavy atom. The Balaban J connectivity index is 1.60. The molecule has 0 aliphatic carbocycles. The first-order chi connectivity index (χ1) is 13.6. The normalized spacial score (nSPS) is 16.5. The second-order valence-corrected chi connectivity index (χ2v) is 7.65. The number of carbonyl (C=O) groups excluding carboxylic acids is 2. The summed E-state index contributed by atoms with van der Waals surface area (Å²) in [6.45, 7) is 4.05. The topological polar surface area (TPSA) is 96.5 Å². The number of hydrogen-bond donors (Lipinski definition) is 2. The molecule has 28 heavy (non-hydrogen) atoms. The molecule has 9 heteroatoms. The lowest BCUT2D eigenvalue weighted by molar-refractivity contribution is 0.102. The summed E-state index contributed by atoms with van der Waals surface area (Å²) in [5.74, 6) is 0.546. The van der Waals surface area contributed by atoms with Gasteiger partial charge in [-0.2, -0.15) is 0 Å². The van der Waals surface area contributed by atoms with Crippen molar-refractivity contribution in [1.29, 1.82) is 0 Å². The van der Waals surface area contributed by atoms with E-state index in [1.54, 1.807) is 31.4 Å². The Hall–Kier alpha value is -2.68. The number of likely N-dealkylation sites (tertiary alicyclic amines) is 1. The third-order valence-electron chi connectivity index (χ3n) is 4.57. The monoisotopic (exact) mass is 403 g/mol. The van der Waals surface area contributed by atoms with Crippen molar-refractivity contribution in [2.24, 2.45) is 0 Å². The van der Waals surface area contributed by atoms with Crippen molar-refractivity contribution in [3.05, 3.63) is 34.3 Å². The van der Waals surface area contributed by atoms with Crippen LogP contribution in [0.1, 0.15) is 46.9 Å². The standard InChI is InChI=1S/C19H25N5O3S/c1-3-10-20-19(26)24-11-4-5-13(12-24)17-22-23-18(28-17)16(25)21-14-6-8-15(27-2)9-7-14/h6-9,13H,3-5,10-12H2,1-2H3,(H,20,26)(H,21,25)/t13-/m1/s1. The summed E-state index contributed by atoms with van der Waals surface area (Å²) in [5, 5.41) is 15.1. The van der Waals surface area contributed by atoms with Crippen LogP contribution in [0, 0.1) is 0 Å². The molecular weight excluding hydrogens is 378 g/mol. The van der Waals surface area contributed by atoms with Gasteiger partial charge in [0.15, 0.2) is 0 Å². The Morgan fingerprint density at radius 3 is 2.79 bits per heavy atom. The van der Waals surface area contributed by atoms with Crippen LogP contribution in [0.5, 0.6) is 5.75 Å². The quantitative estimate of drug-likeness (QED) is 0.773. The molecule has 1 fully saturated rings. The van der Waals surface area contributed by atoms with Gasteiger partial charge in [0.1, 0.15) is 10.8 Å². The van der Waals surface area contributed by atoms with Crippen LogP contribution in [-0.4, -0.2) is 53.8 Å². The van der Waals surface area contributed by atoms with Crippen molar-refractivity contribution in [2.45, 2.75) is 32.1 Å². The number of hydrogen-bond acceptors (Lipinski definition) is 6. The highest BCUT2D eigenvalue weighted by Gasteiger charge is 2.28. The molecule has 1 aliphatic rings. The van der Waals surface area contributed by atoms with Gasteiger partial charge in [-0.1, -0.05) is 18.3 Å². The first kappa shape index (κ1) is 20.1. The molecule has 1 aromatic heterocycles. The Labute approximate surface area is 168 Å². The van der Waals surface area contributed by atoms with Crippen molar-refractivity contribution >= 4 is 29.0 Å². The first-order valence-electron chi connectivity index (χ1n) is 9.42. The van der Waals surface area contributed by atoms with Crippen LogP contribution in [-0.2, 0) is 0 Å². The molecule has 0 unspecified atom stereocenters. The maximum absolute atomic E-state index is 12.4. The third-order valence-corrected chi connectivity index (χ3v) is 5.65. The van der Waals surface area contributed by atoms with Crippen molar-refractivity contribution in [3.63, 3.8) is 0 Å². The molecule has 3 rings (SSSR count). The van der Waals surface area contributed by atoms with Gasteiger partial charge in [0.25, 0.3) is 5.91 Å². The van der Waals surface area contributed by atoms with E-state index in [-0.39, 0.29) is 17.9 Å². The van der Waals surface area contributed by atoms with E-state index in [2.05, 4.69) is 20.8 Å². The predicted octanol–water partition coefficient (Wildman–Crippen LogP) is 3.10. The molecule has 2 N–H and O–H groups in total. The number of nitrogens with one attached hydrogen (secondary N) is 2. The number of piperidine rings is 1. The summed E-state index contributed by atoms with van der Waals surface area (Å²) in [7, 11) is 1.59. The molecule has 150 valence electrons. The van der Waals surface area contributed by atoms with E-state index in [0.717, 1.165) is 36.6 Å². The lowest BCUT2D eigenvalue weighted by atomic mass is 9.99. The molecule has 0 spiro atoms. The molecule has 0 radical (unpaired) electrons. The maximum Gasteiger partial charge on any atom is 0.317 e. The Morgan fingerprint density at radius 2 is 2.07 bits per heavy atom. The largest absolute Gasteiger partial charge is 0.497 e. The van der Waals surface area contributed by atoms with Gasteiger partial charge in [0, 0.05) is 31.2 Å². The minimum absolute atomic E-state index is 0.0338.